The lowest BCUT2D eigenvalue weighted by molar-refractivity contribution is -0.0121. The molecular weight excluding hydrogens is 266 g/mol. The molecule has 0 heterocycles. The van der Waals surface area contributed by atoms with E-state index in [-0.39, 0.29) is 6.10 Å². The predicted molar refractivity (Wildman–Crippen MR) is 85.4 cm³/mol. The number of hydrogen-bond donors (Lipinski definition) is 1. The molecule has 0 aliphatic heterocycles. The molecule has 0 saturated heterocycles. The third-order valence-corrected chi connectivity index (χ3v) is 3.19. The highest BCUT2D eigenvalue weighted by molar-refractivity contribution is 5.22. The molecule has 0 aliphatic carbocycles. The molecule has 0 amide bonds. The molecule has 1 unspecified atom stereocenters. The monoisotopic (exact) mass is 295 g/mol. The molecule has 1 N–H and O–H groups in total. The highest BCUT2D eigenvalue weighted by Crippen LogP contribution is 2.08. The van der Waals surface area contributed by atoms with Gasteiger partial charge in [0.25, 0.3) is 0 Å². The predicted octanol–water partition coefficient (Wildman–Crippen LogP) is 2.23. The molecular formula is C17H29NO3. The lowest BCUT2D eigenvalue weighted by atomic mass is 10.1. The van der Waals surface area contributed by atoms with Crippen molar-refractivity contribution in [3.8, 4) is 0 Å². The molecule has 1 rings (SSSR count). The summed E-state index contributed by atoms with van der Waals surface area (Å²) < 4.78 is 10.6. The van der Waals surface area contributed by atoms with Crippen LogP contribution in [0.15, 0.2) is 24.3 Å². The van der Waals surface area contributed by atoms with E-state index in [4.69, 9.17) is 9.47 Å². The summed E-state index contributed by atoms with van der Waals surface area (Å²) in [6.07, 6.45) is -0.335. The van der Waals surface area contributed by atoms with E-state index in [9.17, 15) is 5.11 Å². The lowest BCUT2D eigenvalue weighted by Gasteiger charge is -2.25. The van der Waals surface area contributed by atoms with Crippen molar-refractivity contribution in [2.75, 3.05) is 33.4 Å². The maximum atomic E-state index is 10.1. The van der Waals surface area contributed by atoms with Gasteiger partial charge in [0.2, 0.25) is 0 Å². The number of rotatable bonds is 10. The molecule has 0 saturated carbocycles. The molecule has 0 bridgehead atoms. The second-order valence-corrected chi connectivity index (χ2v) is 5.75. The van der Waals surface area contributed by atoms with Gasteiger partial charge in [-0.1, -0.05) is 29.8 Å². The minimum Gasteiger partial charge on any atom is -0.389 e. The Labute approximate surface area is 128 Å². The number of ether oxygens (including phenoxy) is 2. The number of aliphatic hydroxyl groups is 1. The van der Waals surface area contributed by atoms with Gasteiger partial charge in [0.15, 0.2) is 0 Å². The van der Waals surface area contributed by atoms with Crippen molar-refractivity contribution in [2.24, 2.45) is 0 Å². The van der Waals surface area contributed by atoms with E-state index in [0.717, 1.165) is 13.1 Å². The van der Waals surface area contributed by atoms with E-state index >= 15 is 0 Å². The Balaban J connectivity index is 2.54. The zero-order valence-electron chi connectivity index (χ0n) is 13.7. The fourth-order valence-corrected chi connectivity index (χ4v) is 2.18. The fraction of sp³-hybridized carbons (Fsp3) is 0.647. The van der Waals surface area contributed by atoms with Gasteiger partial charge in [-0.05, 0) is 26.3 Å². The molecule has 0 aliphatic rings. The van der Waals surface area contributed by atoms with Crippen LogP contribution in [0.3, 0.4) is 0 Å². The number of hydrogen-bond acceptors (Lipinski definition) is 4. The van der Waals surface area contributed by atoms with E-state index in [2.05, 4.69) is 36.1 Å². The van der Waals surface area contributed by atoms with E-state index in [1.165, 1.54) is 11.1 Å². The Morgan fingerprint density at radius 2 is 2.05 bits per heavy atom. The van der Waals surface area contributed by atoms with Crippen LogP contribution < -0.4 is 0 Å². The number of methoxy groups -OCH3 is 1. The molecule has 120 valence electrons. The van der Waals surface area contributed by atoms with Crippen LogP contribution in [0.5, 0.6) is 0 Å². The molecule has 1 aromatic carbocycles. The molecule has 0 spiro atoms. The summed E-state index contributed by atoms with van der Waals surface area (Å²) in [5, 5.41) is 10.1. The molecule has 0 aromatic heterocycles. The highest BCUT2D eigenvalue weighted by Gasteiger charge is 2.13. The van der Waals surface area contributed by atoms with Crippen LogP contribution in [0.4, 0.5) is 0 Å². The number of nitrogens with zero attached hydrogens (tertiary/aromatic N) is 1. The Morgan fingerprint density at radius 3 is 2.67 bits per heavy atom. The number of aryl methyl sites for hydroxylation is 1. The van der Waals surface area contributed by atoms with E-state index in [0.29, 0.717) is 19.8 Å². The molecule has 0 fully saturated rings. The van der Waals surface area contributed by atoms with Crippen molar-refractivity contribution in [2.45, 2.75) is 39.5 Å². The van der Waals surface area contributed by atoms with Gasteiger partial charge in [-0.25, -0.2) is 0 Å². The van der Waals surface area contributed by atoms with Crippen LogP contribution in [0.25, 0.3) is 0 Å². The van der Waals surface area contributed by atoms with E-state index in [1.54, 1.807) is 7.11 Å². The third-order valence-electron chi connectivity index (χ3n) is 3.19. The molecule has 1 aromatic rings. The summed E-state index contributed by atoms with van der Waals surface area (Å²) in [6.45, 7) is 9.26. The standard InChI is InChI=1S/C17H29NO3/c1-14(2)21-13-17(19)12-18(8-9-20-4)11-16-7-5-6-15(3)10-16/h5-7,10,14,17,19H,8-9,11-13H2,1-4H3. The fourth-order valence-electron chi connectivity index (χ4n) is 2.18. The van der Waals surface area contributed by atoms with Gasteiger partial charge in [0.05, 0.1) is 25.4 Å². The first-order valence-electron chi connectivity index (χ1n) is 7.57. The van der Waals surface area contributed by atoms with Crippen molar-refractivity contribution < 1.29 is 14.6 Å². The maximum absolute atomic E-state index is 10.1. The van der Waals surface area contributed by atoms with Crippen molar-refractivity contribution >= 4 is 0 Å². The largest absolute Gasteiger partial charge is 0.389 e. The van der Waals surface area contributed by atoms with Crippen molar-refractivity contribution in [3.05, 3.63) is 35.4 Å². The second kappa shape index (κ2) is 9.90. The summed E-state index contributed by atoms with van der Waals surface area (Å²) in [5.41, 5.74) is 2.51. The minimum absolute atomic E-state index is 0.142. The van der Waals surface area contributed by atoms with Crippen LogP contribution in [-0.4, -0.2) is 55.6 Å². The summed E-state index contributed by atoms with van der Waals surface area (Å²) in [5.74, 6) is 0. The average molecular weight is 295 g/mol. The van der Waals surface area contributed by atoms with Crippen LogP contribution in [0, 0.1) is 6.92 Å². The zero-order valence-corrected chi connectivity index (χ0v) is 13.7. The van der Waals surface area contributed by atoms with Gasteiger partial charge in [-0.15, -0.1) is 0 Å². The van der Waals surface area contributed by atoms with Gasteiger partial charge in [-0.3, -0.25) is 4.90 Å². The van der Waals surface area contributed by atoms with Gasteiger partial charge in [0, 0.05) is 26.7 Å². The SMILES string of the molecule is COCCN(Cc1cccc(C)c1)CC(O)COC(C)C. The van der Waals surface area contributed by atoms with Gasteiger partial charge in [0.1, 0.15) is 0 Å². The topological polar surface area (TPSA) is 41.9 Å². The van der Waals surface area contributed by atoms with Crippen LogP contribution in [0.1, 0.15) is 25.0 Å². The number of benzene rings is 1. The summed E-state index contributed by atoms with van der Waals surface area (Å²) in [7, 11) is 1.70. The lowest BCUT2D eigenvalue weighted by Crippen LogP contribution is -2.37. The smallest absolute Gasteiger partial charge is 0.0900 e. The minimum atomic E-state index is -0.478. The Hall–Kier alpha value is -0.940. The first kappa shape index (κ1) is 18.1. The summed E-state index contributed by atoms with van der Waals surface area (Å²) >= 11 is 0. The summed E-state index contributed by atoms with van der Waals surface area (Å²) in [4.78, 5) is 2.20. The first-order chi connectivity index (χ1) is 10.0. The van der Waals surface area contributed by atoms with Crippen LogP contribution in [0.2, 0.25) is 0 Å². The second-order valence-electron chi connectivity index (χ2n) is 5.75. The van der Waals surface area contributed by atoms with Crippen LogP contribution >= 0.6 is 0 Å². The van der Waals surface area contributed by atoms with Crippen LogP contribution in [-0.2, 0) is 16.0 Å². The maximum Gasteiger partial charge on any atom is 0.0900 e. The van der Waals surface area contributed by atoms with Crippen molar-refractivity contribution in [1.29, 1.82) is 0 Å². The third kappa shape index (κ3) is 8.17. The van der Waals surface area contributed by atoms with Gasteiger partial charge >= 0.3 is 0 Å². The molecule has 4 nitrogen and oxygen atoms in total. The Kier molecular flexibility index (Phi) is 8.54. The normalized spacial score (nSPS) is 13.1. The first-order valence-corrected chi connectivity index (χ1v) is 7.57. The van der Waals surface area contributed by atoms with Gasteiger partial charge < -0.3 is 14.6 Å². The highest BCUT2D eigenvalue weighted by atomic mass is 16.5. The quantitative estimate of drug-likeness (QED) is 0.719. The number of aliphatic hydroxyl groups excluding tert-OH is 1. The Bertz CT molecular complexity index is 395. The summed E-state index contributed by atoms with van der Waals surface area (Å²) in [6, 6.07) is 8.45. The van der Waals surface area contributed by atoms with E-state index in [1.807, 2.05) is 13.8 Å². The van der Waals surface area contributed by atoms with E-state index < -0.39 is 6.10 Å². The molecule has 4 heteroatoms. The molecule has 1 atom stereocenters. The van der Waals surface area contributed by atoms with Crippen molar-refractivity contribution in [3.63, 3.8) is 0 Å². The van der Waals surface area contributed by atoms with Crippen molar-refractivity contribution in [1.82, 2.24) is 4.90 Å². The molecule has 0 radical (unpaired) electrons. The average Bonchev–Trinajstić information content (AvgIpc) is 2.42. The Morgan fingerprint density at radius 1 is 1.29 bits per heavy atom. The zero-order chi connectivity index (χ0) is 15.7. The van der Waals surface area contributed by atoms with Gasteiger partial charge in [-0.2, -0.15) is 0 Å². The molecule has 21 heavy (non-hydrogen) atoms.